The standard InChI is InChI=1S/C18H24N4O3S/c1-26(24,25)21-16-7-3-2-5-14(16)9-13-10-17(20-12-13)18(23)22-8-4-6-15(22)11-19/h2-3,5,7,13,15,17,20-21H,4,6,8-10,12H2,1H3/t13-,15-,17-/m0/s1. The first kappa shape index (κ1) is 18.7. The van der Waals surface area contributed by atoms with Crippen molar-refractivity contribution in [2.45, 2.75) is 37.8 Å². The topological polar surface area (TPSA) is 102 Å². The average Bonchev–Trinajstić information content (AvgIpc) is 3.23. The van der Waals surface area contributed by atoms with Crippen LogP contribution in [0.25, 0.3) is 0 Å². The van der Waals surface area contributed by atoms with Crippen LogP contribution in [0, 0.1) is 17.2 Å². The van der Waals surface area contributed by atoms with Crippen molar-refractivity contribution < 1.29 is 13.2 Å². The number of anilines is 1. The van der Waals surface area contributed by atoms with Crippen molar-refractivity contribution >= 4 is 21.6 Å². The minimum Gasteiger partial charge on any atom is -0.325 e. The summed E-state index contributed by atoms with van der Waals surface area (Å²) < 4.78 is 25.6. The predicted molar refractivity (Wildman–Crippen MR) is 98.9 cm³/mol. The molecule has 140 valence electrons. The first-order valence-electron chi connectivity index (χ1n) is 8.86. The average molecular weight is 376 g/mol. The zero-order valence-corrected chi connectivity index (χ0v) is 15.6. The van der Waals surface area contributed by atoms with Crippen LogP contribution in [0.2, 0.25) is 0 Å². The number of amides is 1. The summed E-state index contributed by atoms with van der Waals surface area (Å²) in [5.41, 5.74) is 1.52. The van der Waals surface area contributed by atoms with Gasteiger partial charge in [0.25, 0.3) is 0 Å². The maximum absolute atomic E-state index is 12.7. The summed E-state index contributed by atoms with van der Waals surface area (Å²) in [6, 6.07) is 8.99. The molecule has 2 heterocycles. The van der Waals surface area contributed by atoms with Gasteiger partial charge < -0.3 is 10.2 Å². The van der Waals surface area contributed by atoms with Gasteiger partial charge in [0.2, 0.25) is 15.9 Å². The van der Waals surface area contributed by atoms with E-state index in [-0.39, 0.29) is 23.9 Å². The Labute approximate surface area is 154 Å². The lowest BCUT2D eigenvalue weighted by Crippen LogP contribution is -2.45. The Kier molecular flexibility index (Phi) is 5.49. The van der Waals surface area contributed by atoms with Crippen molar-refractivity contribution in [2.24, 2.45) is 5.92 Å². The highest BCUT2D eigenvalue weighted by Crippen LogP contribution is 2.27. The molecule has 0 aromatic heterocycles. The lowest BCUT2D eigenvalue weighted by molar-refractivity contribution is -0.133. The lowest BCUT2D eigenvalue weighted by atomic mass is 9.95. The molecule has 0 aliphatic carbocycles. The molecule has 0 spiro atoms. The largest absolute Gasteiger partial charge is 0.325 e. The minimum absolute atomic E-state index is 0.0131. The molecule has 7 nitrogen and oxygen atoms in total. The Hall–Kier alpha value is -2.11. The Morgan fingerprint density at radius 2 is 2.19 bits per heavy atom. The highest BCUT2D eigenvalue weighted by atomic mass is 32.2. The first-order chi connectivity index (χ1) is 12.4. The van der Waals surface area contributed by atoms with E-state index in [9.17, 15) is 18.5 Å². The van der Waals surface area contributed by atoms with Gasteiger partial charge in [0.15, 0.2) is 0 Å². The fourth-order valence-electron chi connectivity index (χ4n) is 3.83. The number of nitriles is 1. The van der Waals surface area contributed by atoms with Crippen molar-refractivity contribution in [2.75, 3.05) is 24.1 Å². The molecule has 2 fully saturated rings. The fourth-order valence-corrected chi connectivity index (χ4v) is 4.42. The molecule has 2 saturated heterocycles. The van der Waals surface area contributed by atoms with Crippen LogP contribution in [-0.4, -0.2) is 50.7 Å². The summed E-state index contributed by atoms with van der Waals surface area (Å²) in [5, 5.41) is 12.5. The number of hydrogen-bond acceptors (Lipinski definition) is 5. The monoisotopic (exact) mass is 376 g/mol. The molecule has 26 heavy (non-hydrogen) atoms. The second-order valence-corrected chi connectivity index (χ2v) is 8.87. The van der Waals surface area contributed by atoms with Gasteiger partial charge >= 0.3 is 0 Å². The molecule has 1 aromatic carbocycles. The van der Waals surface area contributed by atoms with E-state index in [1.165, 1.54) is 0 Å². The molecule has 0 saturated carbocycles. The van der Waals surface area contributed by atoms with Crippen molar-refractivity contribution in [1.29, 1.82) is 5.26 Å². The highest BCUT2D eigenvalue weighted by molar-refractivity contribution is 7.92. The van der Waals surface area contributed by atoms with Gasteiger partial charge in [-0.1, -0.05) is 18.2 Å². The van der Waals surface area contributed by atoms with E-state index >= 15 is 0 Å². The molecule has 3 rings (SSSR count). The zero-order chi connectivity index (χ0) is 18.7. The molecule has 0 unspecified atom stereocenters. The molecular formula is C18H24N4O3S. The molecule has 0 bridgehead atoms. The van der Waals surface area contributed by atoms with Gasteiger partial charge in [-0.2, -0.15) is 5.26 Å². The molecular weight excluding hydrogens is 352 g/mol. The van der Waals surface area contributed by atoms with Gasteiger partial charge in [0.1, 0.15) is 6.04 Å². The number of carbonyl (C=O) groups excluding carboxylic acids is 1. The SMILES string of the molecule is CS(=O)(=O)Nc1ccccc1C[C@@H]1CN[C@H](C(=O)N2CCC[C@H]2C#N)C1. The summed E-state index contributed by atoms with van der Waals surface area (Å²) in [6.07, 6.45) is 4.16. The number of carbonyl (C=O) groups is 1. The summed E-state index contributed by atoms with van der Waals surface area (Å²) >= 11 is 0. The van der Waals surface area contributed by atoms with Crippen LogP contribution in [0.5, 0.6) is 0 Å². The molecule has 2 N–H and O–H groups in total. The van der Waals surface area contributed by atoms with Gasteiger partial charge in [-0.3, -0.25) is 9.52 Å². The number of benzene rings is 1. The second-order valence-electron chi connectivity index (χ2n) is 7.12. The summed E-state index contributed by atoms with van der Waals surface area (Å²) in [6.45, 7) is 1.36. The third-order valence-electron chi connectivity index (χ3n) is 5.03. The lowest BCUT2D eigenvalue weighted by Gasteiger charge is -2.23. The summed E-state index contributed by atoms with van der Waals surface area (Å²) in [5.74, 6) is 0.258. The van der Waals surface area contributed by atoms with Crippen molar-refractivity contribution in [1.82, 2.24) is 10.2 Å². The van der Waals surface area contributed by atoms with Crippen LogP contribution in [0.15, 0.2) is 24.3 Å². The van der Waals surface area contributed by atoms with E-state index < -0.39 is 10.0 Å². The molecule has 2 aliphatic rings. The first-order valence-corrected chi connectivity index (χ1v) is 10.8. The Balaban J connectivity index is 1.64. The van der Waals surface area contributed by atoms with E-state index in [1.54, 1.807) is 17.0 Å². The number of nitrogens with one attached hydrogen (secondary N) is 2. The van der Waals surface area contributed by atoms with Crippen LogP contribution < -0.4 is 10.0 Å². The number of nitrogens with zero attached hydrogens (tertiary/aromatic N) is 2. The normalized spacial score (nSPS) is 25.8. The van der Waals surface area contributed by atoms with E-state index in [0.29, 0.717) is 31.6 Å². The Morgan fingerprint density at radius 1 is 1.42 bits per heavy atom. The molecule has 0 radical (unpaired) electrons. The second kappa shape index (κ2) is 7.64. The number of sulfonamides is 1. The smallest absolute Gasteiger partial charge is 0.240 e. The van der Waals surface area contributed by atoms with Crippen LogP contribution in [0.4, 0.5) is 5.69 Å². The third kappa shape index (κ3) is 4.34. The van der Waals surface area contributed by atoms with Crippen molar-refractivity contribution in [3.63, 3.8) is 0 Å². The van der Waals surface area contributed by atoms with Crippen LogP contribution in [0.1, 0.15) is 24.8 Å². The zero-order valence-electron chi connectivity index (χ0n) is 14.8. The Morgan fingerprint density at radius 3 is 2.92 bits per heavy atom. The van der Waals surface area contributed by atoms with Crippen LogP contribution >= 0.6 is 0 Å². The number of para-hydroxylation sites is 1. The molecule has 8 heteroatoms. The van der Waals surface area contributed by atoms with Crippen LogP contribution in [0.3, 0.4) is 0 Å². The number of hydrogen-bond donors (Lipinski definition) is 2. The Bertz CT molecular complexity index is 818. The highest BCUT2D eigenvalue weighted by Gasteiger charge is 2.37. The molecule has 3 atom stereocenters. The number of likely N-dealkylation sites (tertiary alicyclic amines) is 1. The fraction of sp³-hybridized carbons (Fsp3) is 0.556. The van der Waals surface area contributed by atoms with Crippen molar-refractivity contribution in [3.8, 4) is 6.07 Å². The third-order valence-corrected chi connectivity index (χ3v) is 5.62. The maximum Gasteiger partial charge on any atom is 0.240 e. The van der Waals surface area contributed by atoms with Gasteiger partial charge in [-0.05, 0) is 49.8 Å². The minimum atomic E-state index is -3.33. The van der Waals surface area contributed by atoms with Gasteiger partial charge in [0.05, 0.1) is 24.1 Å². The predicted octanol–water partition coefficient (Wildman–Crippen LogP) is 1.09. The van der Waals surface area contributed by atoms with Crippen LogP contribution in [-0.2, 0) is 21.2 Å². The van der Waals surface area contributed by atoms with E-state index in [2.05, 4.69) is 16.1 Å². The molecule has 2 aliphatic heterocycles. The summed E-state index contributed by atoms with van der Waals surface area (Å²) in [7, 11) is -3.33. The molecule has 1 amide bonds. The molecule has 1 aromatic rings. The van der Waals surface area contributed by atoms with E-state index in [1.807, 2.05) is 12.1 Å². The van der Waals surface area contributed by atoms with Crippen molar-refractivity contribution in [3.05, 3.63) is 29.8 Å². The quantitative estimate of drug-likeness (QED) is 0.801. The number of rotatable bonds is 5. The van der Waals surface area contributed by atoms with Gasteiger partial charge in [0, 0.05) is 6.54 Å². The van der Waals surface area contributed by atoms with E-state index in [0.717, 1.165) is 24.7 Å². The van der Waals surface area contributed by atoms with Gasteiger partial charge in [-0.25, -0.2) is 8.42 Å². The van der Waals surface area contributed by atoms with Gasteiger partial charge in [-0.15, -0.1) is 0 Å². The summed E-state index contributed by atoms with van der Waals surface area (Å²) in [4.78, 5) is 14.4. The maximum atomic E-state index is 12.7. The van der Waals surface area contributed by atoms with E-state index in [4.69, 9.17) is 0 Å².